The van der Waals surface area contributed by atoms with E-state index in [1.807, 2.05) is 36.4 Å². The molecule has 0 amide bonds. The first-order chi connectivity index (χ1) is 14.9. The summed E-state index contributed by atoms with van der Waals surface area (Å²) in [6, 6.07) is 19.0. The lowest BCUT2D eigenvalue weighted by Gasteiger charge is -2.65. The number of methoxy groups -OCH3 is 4. The van der Waals surface area contributed by atoms with E-state index in [4.69, 9.17) is 18.9 Å². The predicted molar refractivity (Wildman–Crippen MR) is 114 cm³/mol. The third-order valence-electron chi connectivity index (χ3n) is 5.90. The number of benzene rings is 2. The Morgan fingerprint density at radius 1 is 0.871 bits per heavy atom. The zero-order valence-corrected chi connectivity index (χ0v) is 18.6. The molecule has 3 rings (SSSR count). The monoisotopic (exact) mass is 443 g/mol. The number of sulfone groups is 1. The van der Waals surface area contributed by atoms with Gasteiger partial charge in [0.15, 0.2) is 0 Å². The van der Waals surface area contributed by atoms with Gasteiger partial charge >= 0.3 is 0 Å². The van der Waals surface area contributed by atoms with Gasteiger partial charge in [-0.1, -0.05) is 60.7 Å². The summed E-state index contributed by atoms with van der Waals surface area (Å²) in [6.45, 7) is 0. The first-order valence-electron chi connectivity index (χ1n) is 9.52. The predicted octanol–water partition coefficient (Wildman–Crippen LogP) is 3.04. The summed E-state index contributed by atoms with van der Waals surface area (Å²) in [5.74, 6) is -4.83. The Morgan fingerprint density at radius 2 is 1.39 bits per heavy atom. The molecule has 31 heavy (non-hydrogen) atoms. The van der Waals surface area contributed by atoms with Gasteiger partial charge in [0.2, 0.25) is 20.4 Å². The average molecular weight is 444 g/mol. The Balaban J connectivity index is 2.31. The van der Waals surface area contributed by atoms with Crippen LogP contribution in [0.15, 0.2) is 71.6 Å². The Kier molecular flexibility index (Phi) is 6.37. The zero-order chi connectivity index (χ0) is 22.8. The first kappa shape index (κ1) is 23.1. The highest BCUT2D eigenvalue weighted by atomic mass is 32.2. The van der Waals surface area contributed by atoms with E-state index in [2.05, 4.69) is 0 Å². The van der Waals surface area contributed by atoms with Crippen LogP contribution in [0.3, 0.4) is 0 Å². The van der Waals surface area contributed by atoms with Gasteiger partial charge < -0.3 is 18.9 Å². The highest BCUT2D eigenvalue weighted by molar-refractivity contribution is 7.93. The van der Waals surface area contributed by atoms with Gasteiger partial charge in [-0.2, -0.15) is 5.26 Å². The molecule has 1 aliphatic carbocycles. The fraction of sp³-hybridized carbons (Fsp3) is 0.348. The highest BCUT2D eigenvalue weighted by Gasteiger charge is 2.89. The standard InChI is InChI=1S/C23H25NO6S/c1-27-22(28-2)20(16-15-18-11-7-5-8-12-18)21(17-24,23(22,29-3)30-4)31(25,26)19-13-9-6-10-14-19/h5-16,20H,1-4H3/b16-15-/t20-,21-/m1/s1. The second-order valence-electron chi connectivity index (χ2n) is 7.01. The fourth-order valence-corrected chi connectivity index (χ4v) is 6.74. The minimum absolute atomic E-state index is 0.0334. The van der Waals surface area contributed by atoms with Crippen molar-refractivity contribution in [3.8, 4) is 6.07 Å². The van der Waals surface area contributed by atoms with Crippen LogP contribution in [-0.2, 0) is 28.8 Å². The summed E-state index contributed by atoms with van der Waals surface area (Å²) >= 11 is 0. The van der Waals surface area contributed by atoms with Crippen LogP contribution in [0.25, 0.3) is 6.08 Å². The van der Waals surface area contributed by atoms with E-state index >= 15 is 0 Å². The van der Waals surface area contributed by atoms with Gasteiger partial charge in [0.05, 0.1) is 16.9 Å². The molecule has 1 fully saturated rings. The molecular formula is C23H25NO6S. The van der Waals surface area contributed by atoms with E-state index < -0.39 is 32.1 Å². The lowest BCUT2D eigenvalue weighted by Crippen LogP contribution is -2.89. The van der Waals surface area contributed by atoms with Crippen molar-refractivity contribution in [3.63, 3.8) is 0 Å². The van der Waals surface area contributed by atoms with Crippen molar-refractivity contribution in [1.29, 1.82) is 5.26 Å². The van der Waals surface area contributed by atoms with Crippen LogP contribution in [0.4, 0.5) is 0 Å². The van der Waals surface area contributed by atoms with Gasteiger partial charge in [0.25, 0.3) is 5.79 Å². The van der Waals surface area contributed by atoms with Crippen molar-refractivity contribution >= 4 is 15.9 Å². The average Bonchev–Trinajstić information content (AvgIpc) is 2.81. The minimum atomic E-state index is -4.31. The maximum absolute atomic E-state index is 13.9. The molecule has 8 heteroatoms. The molecule has 0 aromatic heterocycles. The SMILES string of the molecule is COC1(OC)[C@H](/C=C\c2ccccc2)[C@@](C#N)(S(=O)(=O)c2ccccc2)C1(OC)OC. The number of rotatable bonds is 8. The molecule has 1 aliphatic rings. The van der Waals surface area contributed by atoms with E-state index in [1.165, 1.54) is 40.6 Å². The van der Waals surface area contributed by atoms with Gasteiger partial charge in [-0.05, 0) is 17.7 Å². The fourth-order valence-electron chi connectivity index (χ4n) is 4.50. The normalized spacial score (nSPS) is 24.4. The Labute approximate surface area is 182 Å². The molecule has 0 spiro atoms. The second kappa shape index (κ2) is 8.54. The molecule has 7 nitrogen and oxygen atoms in total. The summed E-state index contributed by atoms with van der Waals surface area (Å²) in [7, 11) is 0.929. The number of hydrogen-bond acceptors (Lipinski definition) is 7. The molecule has 2 aromatic carbocycles. The largest absolute Gasteiger partial charge is 0.348 e. The maximum atomic E-state index is 13.9. The molecule has 2 atom stereocenters. The number of ether oxygens (including phenoxy) is 4. The van der Waals surface area contributed by atoms with Crippen LogP contribution in [-0.4, -0.2) is 53.2 Å². The van der Waals surface area contributed by atoms with Gasteiger partial charge in [-0.25, -0.2) is 8.42 Å². The first-order valence-corrected chi connectivity index (χ1v) is 11.0. The van der Waals surface area contributed by atoms with Crippen LogP contribution >= 0.6 is 0 Å². The number of nitrogens with zero attached hydrogens (tertiary/aromatic N) is 1. The lowest BCUT2D eigenvalue weighted by molar-refractivity contribution is -0.463. The molecule has 0 saturated heterocycles. The number of hydrogen-bond donors (Lipinski definition) is 0. The lowest BCUT2D eigenvalue weighted by atomic mass is 9.61. The molecule has 0 radical (unpaired) electrons. The third kappa shape index (κ3) is 2.89. The van der Waals surface area contributed by atoms with Gasteiger partial charge in [-0.15, -0.1) is 0 Å². The molecular weight excluding hydrogens is 418 g/mol. The highest BCUT2D eigenvalue weighted by Crippen LogP contribution is 2.64. The maximum Gasteiger partial charge on any atom is 0.259 e. The molecule has 0 unspecified atom stereocenters. The smallest absolute Gasteiger partial charge is 0.259 e. The van der Waals surface area contributed by atoms with Crippen LogP contribution in [0, 0.1) is 17.2 Å². The summed E-state index contributed by atoms with van der Waals surface area (Å²) in [5.41, 5.74) is 0.819. The van der Waals surface area contributed by atoms with Crippen molar-refractivity contribution < 1.29 is 27.4 Å². The molecule has 1 saturated carbocycles. The van der Waals surface area contributed by atoms with Crippen molar-refractivity contribution in [2.45, 2.75) is 21.2 Å². The summed E-state index contributed by atoms with van der Waals surface area (Å²) < 4.78 is 48.2. The Hall–Kier alpha value is -2.54. The van der Waals surface area contributed by atoms with Crippen LogP contribution in [0.5, 0.6) is 0 Å². The molecule has 0 bridgehead atoms. The summed E-state index contributed by atoms with van der Waals surface area (Å²) in [4.78, 5) is -0.0334. The van der Waals surface area contributed by atoms with Crippen LogP contribution in [0.1, 0.15) is 5.56 Å². The second-order valence-corrected chi connectivity index (χ2v) is 9.13. The molecule has 0 heterocycles. The van der Waals surface area contributed by atoms with Gasteiger partial charge in [0, 0.05) is 28.4 Å². The molecule has 164 valence electrons. The van der Waals surface area contributed by atoms with Crippen LogP contribution in [0.2, 0.25) is 0 Å². The van der Waals surface area contributed by atoms with Crippen molar-refractivity contribution in [2.75, 3.05) is 28.4 Å². The quantitative estimate of drug-likeness (QED) is 0.579. The van der Waals surface area contributed by atoms with E-state index in [9.17, 15) is 13.7 Å². The molecule has 0 aliphatic heterocycles. The van der Waals surface area contributed by atoms with Gasteiger partial charge in [-0.3, -0.25) is 0 Å². The summed E-state index contributed by atoms with van der Waals surface area (Å²) in [5, 5.41) is 10.4. The Morgan fingerprint density at radius 3 is 1.84 bits per heavy atom. The van der Waals surface area contributed by atoms with Crippen LogP contribution < -0.4 is 0 Å². The van der Waals surface area contributed by atoms with Gasteiger partial charge in [0.1, 0.15) is 0 Å². The van der Waals surface area contributed by atoms with E-state index in [-0.39, 0.29) is 4.90 Å². The Bertz CT molecular complexity index is 1070. The zero-order valence-electron chi connectivity index (χ0n) is 17.8. The van der Waals surface area contributed by atoms with E-state index in [1.54, 1.807) is 30.4 Å². The third-order valence-corrected chi connectivity index (χ3v) is 8.26. The number of nitriles is 1. The van der Waals surface area contributed by atoms with Crippen molar-refractivity contribution in [1.82, 2.24) is 0 Å². The van der Waals surface area contributed by atoms with Crippen molar-refractivity contribution in [2.24, 2.45) is 5.92 Å². The van der Waals surface area contributed by atoms with E-state index in [0.29, 0.717) is 0 Å². The van der Waals surface area contributed by atoms with E-state index in [0.717, 1.165) is 5.56 Å². The van der Waals surface area contributed by atoms with Crippen molar-refractivity contribution in [3.05, 3.63) is 72.3 Å². The summed E-state index contributed by atoms with van der Waals surface area (Å²) in [6.07, 6.45) is 3.32. The topological polar surface area (TPSA) is 94.9 Å². The minimum Gasteiger partial charge on any atom is -0.348 e. The molecule has 0 N–H and O–H groups in total. The molecule has 2 aromatic rings.